The molecule has 0 rings (SSSR count). The lowest BCUT2D eigenvalue weighted by Crippen LogP contribution is -2.39. The summed E-state index contributed by atoms with van der Waals surface area (Å²) in [6, 6.07) is -0.180. The van der Waals surface area contributed by atoms with Gasteiger partial charge in [-0.3, -0.25) is 14.4 Å². The van der Waals surface area contributed by atoms with Crippen molar-refractivity contribution < 1.29 is 24.6 Å². The fourth-order valence-electron chi connectivity index (χ4n) is 1.07. The van der Waals surface area contributed by atoms with E-state index in [-0.39, 0.29) is 12.5 Å². The molecule has 1 atom stereocenters. The molecule has 0 bridgehead atoms. The van der Waals surface area contributed by atoms with E-state index < -0.39 is 30.9 Å². The first kappa shape index (κ1) is 14.4. The summed E-state index contributed by atoms with van der Waals surface area (Å²) in [7, 11) is 0. The fourth-order valence-corrected chi connectivity index (χ4v) is 1.07. The first-order chi connectivity index (χ1) is 7.32. The van der Waals surface area contributed by atoms with E-state index in [4.69, 9.17) is 15.9 Å². The molecule has 0 heterocycles. The summed E-state index contributed by atoms with van der Waals surface area (Å²) < 4.78 is 0. The number of carbonyl (C=O) groups is 3. The van der Waals surface area contributed by atoms with Gasteiger partial charge in [-0.1, -0.05) is 0 Å². The van der Waals surface area contributed by atoms with E-state index >= 15 is 0 Å². The quantitative estimate of drug-likeness (QED) is 0.523. The molecule has 0 radical (unpaired) electrons. The number of carboxylic acid groups (broad SMARTS) is 2. The number of carbonyl (C=O) groups excluding carboxylic acids is 1. The van der Waals surface area contributed by atoms with Crippen LogP contribution in [-0.4, -0.2) is 52.1 Å². The standard InChI is InChI=1S/C9H16N2O5/c1-6(10)2-3-7(12)11(4-8(13)14)5-9(15)16/h6H,2-5,10H2,1H3,(H,13,14)(H,15,16). The number of aliphatic carboxylic acids is 2. The second kappa shape index (κ2) is 6.78. The van der Waals surface area contributed by atoms with E-state index in [0.717, 1.165) is 4.90 Å². The second-order valence-electron chi connectivity index (χ2n) is 3.55. The zero-order chi connectivity index (χ0) is 12.7. The number of hydrogen-bond acceptors (Lipinski definition) is 4. The molecule has 92 valence electrons. The Hall–Kier alpha value is -1.63. The summed E-state index contributed by atoms with van der Waals surface area (Å²) in [5.74, 6) is -2.99. The number of carboxylic acids is 2. The molecule has 0 spiro atoms. The van der Waals surface area contributed by atoms with Crippen LogP contribution in [0.15, 0.2) is 0 Å². The van der Waals surface area contributed by atoms with E-state index in [2.05, 4.69) is 0 Å². The third-order valence-electron chi connectivity index (χ3n) is 1.82. The lowest BCUT2D eigenvalue weighted by Gasteiger charge is -2.18. The van der Waals surface area contributed by atoms with Crippen molar-refractivity contribution in [3.8, 4) is 0 Å². The largest absolute Gasteiger partial charge is 0.480 e. The Morgan fingerprint density at radius 3 is 1.94 bits per heavy atom. The average molecular weight is 232 g/mol. The van der Waals surface area contributed by atoms with Crippen molar-refractivity contribution in [1.82, 2.24) is 4.90 Å². The Morgan fingerprint density at radius 2 is 1.62 bits per heavy atom. The first-order valence-corrected chi connectivity index (χ1v) is 4.80. The van der Waals surface area contributed by atoms with Crippen molar-refractivity contribution in [2.75, 3.05) is 13.1 Å². The Balaban J connectivity index is 4.31. The van der Waals surface area contributed by atoms with Crippen LogP contribution in [0.4, 0.5) is 0 Å². The lowest BCUT2D eigenvalue weighted by molar-refractivity contribution is -0.149. The monoisotopic (exact) mass is 232 g/mol. The van der Waals surface area contributed by atoms with Crippen LogP contribution in [0, 0.1) is 0 Å². The van der Waals surface area contributed by atoms with Gasteiger partial charge in [0.15, 0.2) is 0 Å². The van der Waals surface area contributed by atoms with Crippen LogP contribution >= 0.6 is 0 Å². The van der Waals surface area contributed by atoms with Crippen LogP contribution in [-0.2, 0) is 14.4 Å². The van der Waals surface area contributed by atoms with E-state index in [1.165, 1.54) is 0 Å². The van der Waals surface area contributed by atoms with Crippen molar-refractivity contribution >= 4 is 17.8 Å². The highest BCUT2D eigenvalue weighted by atomic mass is 16.4. The minimum atomic E-state index is -1.24. The van der Waals surface area contributed by atoms with Crippen LogP contribution in [0.5, 0.6) is 0 Å². The Kier molecular flexibility index (Phi) is 6.09. The third kappa shape index (κ3) is 6.77. The van der Waals surface area contributed by atoms with Crippen molar-refractivity contribution in [2.24, 2.45) is 5.73 Å². The molecule has 0 aliphatic heterocycles. The summed E-state index contributed by atoms with van der Waals surface area (Å²) in [4.78, 5) is 33.1. The number of rotatable bonds is 7. The van der Waals surface area contributed by atoms with E-state index in [1.807, 2.05) is 0 Å². The van der Waals surface area contributed by atoms with Crippen molar-refractivity contribution in [3.63, 3.8) is 0 Å². The molecule has 0 aliphatic rings. The highest BCUT2D eigenvalue weighted by molar-refractivity contribution is 5.85. The molecular weight excluding hydrogens is 216 g/mol. The molecule has 0 aliphatic carbocycles. The maximum Gasteiger partial charge on any atom is 0.323 e. The van der Waals surface area contributed by atoms with Gasteiger partial charge in [0.2, 0.25) is 5.91 Å². The molecule has 0 aromatic rings. The number of amides is 1. The Bertz CT molecular complexity index is 261. The maximum absolute atomic E-state index is 11.5. The molecule has 0 saturated carbocycles. The zero-order valence-electron chi connectivity index (χ0n) is 9.05. The molecule has 7 heteroatoms. The van der Waals surface area contributed by atoms with Gasteiger partial charge >= 0.3 is 11.9 Å². The van der Waals surface area contributed by atoms with Gasteiger partial charge in [-0.05, 0) is 13.3 Å². The SMILES string of the molecule is CC(N)CCC(=O)N(CC(=O)O)CC(=O)O. The van der Waals surface area contributed by atoms with E-state index in [9.17, 15) is 14.4 Å². The average Bonchev–Trinajstić information content (AvgIpc) is 2.11. The van der Waals surface area contributed by atoms with Gasteiger partial charge in [0, 0.05) is 12.5 Å². The van der Waals surface area contributed by atoms with Crippen LogP contribution in [0.3, 0.4) is 0 Å². The molecule has 0 aromatic heterocycles. The Morgan fingerprint density at radius 1 is 1.19 bits per heavy atom. The van der Waals surface area contributed by atoms with Crippen molar-refractivity contribution in [2.45, 2.75) is 25.8 Å². The highest BCUT2D eigenvalue weighted by Gasteiger charge is 2.19. The van der Waals surface area contributed by atoms with E-state index in [1.54, 1.807) is 6.92 Å². The molecule has 1 amide bonds. The fraction of sp³-hybridized carbons (Fsp3) is 0.667. The summed E-state index contributed by atoms with van der Waals surface area (Å²) in [6.07, 6.45) is 0.451. The predicted octanol–water partition coefficient (Wildman–Crippen LogP) is -0.888. The smallest absolute Gasteiger partial charge is 0.323 e. The normalized spacial score (nSPS) is 11.9. The first-order valence-electron chi connectivity index (χ1n) is 4.80. The summed E-state index contributed by atoms with van der Waals surface area (Å²) in [6.45, 7) is 0.500. The molecule has 16 heavy (non-hydrogen) atoms. The molecule has 4 N–H and O–H groups in total. The summed E-state index contributed by atoms with van der Waals surface area (Å²) in [5.41, 5.74) is 5.44. The number of nitrogens with two attached hydrogens (primary N) is 1. The number of nitrogens with zero attached hydrogens (tertiary/aromatic N) is 1. The minimum Gasteiger partial charge on any atom is -0.480 e. The molecule has 7 nitrogen and oxygen atoms in total. The molecule has 0 saturated heterocycles. The zero-order valence-corrected chi connectivity index (χ0v) is 9.05. The topological polar surface area (TPSA) is 121 Å². The summed E-state index contributed by atoms with van der Waals surface area (Å²) >= 11 is 0. The van der Waals surface area contributed by atoms with Gasteiger partial charge in [-0.25, -0.2) is 0 Å². The van der Waals surface area contributed by atoms with Crippen molar-refractivity contribution in [3.05, 3.63) is 0 Å². The van der Waals surface area contributed by atoms with Gasteiger partial charge in [0.25, 0.3) is 0 Å². The van der Waals surface area contributed by atoms with Gasteiger partial charge in [0.1, 0.15) is 13.1 Å². The van der Waals surface area contributed by atoms with Gasteiger partial charge in [-0.2, -0.15) is 0 Å². The van der Waals surface area contributed by atoms with Gasteiger partial charge in [-0.15, -0.1) is 0 Å². The number of hydrogen-bond donors (Lipinski definition) is 3. The van der Waals surface area contributed by atoms with Gasteiger partial charge in [0.05, 0.1) is 0 Å². The van der Waals surface area contributed by atoms with Crippen LogP contribution in [0.1, 0.15) is 19.8 Å². The lowest BCUT2D eigenvalue weighted by atomic mass is 10.2. The summed E-state index contributed by atoms with van der Waals surface area (Å²) in [5, 5.41) is 17.0. The Labute approximate surface area is 92.8 Å². The molecule has 1 unspecified atom stereocenters. The molecule has 0 fully saturated rings. The third-order valence-corrected chi connectivity index (χ3v) is 1.82. The van der Waals surface area contributed by atoms with Crippen LogP contribution in [0.25, 0.3) is 0 Å². The highest BCUT2D eigenvalue weighted by Crippen LogP contribution is 2.00. The molecule has 0 aromatic carbocycles. The van der Waals surface area contributed by atoms with Crippen LogP contribution in [0.2, 0.25) is 0 Å². The van der Waals surface area contributed by atoms with Gasteiger partial charge < -0.3 is 20.8 Å². The minimum absolute atomic E-state index is 0.0538. The molecular formula is C9H16N2O5. The van der Waals surface area contributed by atoms with Crippen molar-refractivity contribution in [1.29, 1.82) is 0 Å². The second-order valence-corrected chi connectivity index (χ2v) is 3.55. The maximum atomic E-state index is 11.5. The predicted molar refractivity (Wildman–Crippen MR) is 54.7 cm³/mol. The van der Waals surface area contributed by atoms with E-state index in [0.29, 0.717) is 6.42 Å². The van der Waals surface area contributed by atoms with Crippen LogP contribution < -0.4 is 5.73 Å².